The molecule has 1 aromatic rings. The van der Waals surface area contributed by atoms with Gasteiger partial charge in [0.15, 0.2) is 0 Å². The molecule has 1 rings (SSSR count). The Hall–Kier alpha value is -1.30. The van der Waals surface area contributed by atoms with E-state index in [-0.39, 0.29) is 12.2 Å². The standard InChI is InChI=1S/C12H16F4N2/c1-8(2)18(7-12(14,15)16)11-4-3-9(6-17)5-10(11)13/h3-5,8H,6-7,17H2,1-2H3. The zero-order valence-electron chi connectivity index (χ0n) is 10.3. The smallest absolute Gasteiger partial charge is 0.358 e. The van der Waals surface area contributed by atoms with Crippen molar-refractivity contribution in [1.29, 1.82) is 0 Å². The summed E-state index contributed by atoms with van der Waals surface area (Å²) in [6.45, 7) is 2.14. The van der Waals surface area contributed by atoms with Crippen LogP contribution in [0.2, 0.25) is 0 Å². The molecule has 0 atom stereocenters. The summed E-state index contributed by atoms with van der Waals surface area (Å²) in [5.74, 6) is -0.684. The molecule has 18 heavy (non-hydrogen) atoms. The second-order valence-electron chi connectivity index (χ2n) is 4.33. The fourth-order valence-electron chi connectivity index (χ4n) is 1.65. The summed E-state index contributed by atoms with van der Waals surface area (Å²) < 4.78 is 51.1. The molecular weight excluding hydrogens is 248 g/mol. The Morgan fingerprint density at radius 3 is 2.28 bits per heavy atom. The van der Waals surface area contributed by atoms with Gasteiger partial charge in [-0.1, -0.05) is 6.07 Å². The highest BCUT2D eigenvalue weighted by Crippen LogP contribution is 2.27. The minimum Gasteiger partial charge on any atom is -0.358 e. The van der Waals surface area contributed by atoms with Crippen LogP contribution in [0.15, 0.2) is 18.2 Å². The van der Waals surface area contributed by atoms with Gasteiger partial charge in [-0.15, -0.1) is 0 Å². The third kappa shape index (κ3) is 3.87. The molecule has 0 aliphatic rings. The van der Waals surface area contributed by atoms with Crippen molar-refractivity contribution >= 4 is 5.69 Å². The topological polar surface area (TPSA) is 29.3 Å². The van der Waals surface area contributed by atoms with E-state index in [1.807, 2.05) is 0 Å². The van der Waals surface area contributed by atoms with E-state index in [0.717, 1.165) is 4.90 Å². The lowest BCUT2D eigenvalue weighted by molar-refractivity contribution is -0.120. The lowest BCUT2D eigenvalue weighted by Crippen LogP contribution is -2.39. The fraction of sp³-hybridized carbons (Fsp3) is 0.500. The molecule has 0 bridgehead atoms. The Morgan fingerprint density at radius 2 is 1.89 bits per heavy atom. The molecule has 0 aliphatic heterocycles. The summed E-state index contributed by atoms with van der Waals surface area (Å²) in [5.41, 5.74) is 5.84. The maximum absolute atomic E-state index is 13.8. The molecule has 0 amide bonds. The quantitative estimate of drug-likeness (QED) is 0.847. The van der Waals surface area contributed by atoms with Crippen LogP contribution in [0.3, 0.4) is 0 Å². The van der Waals surface area contributed by atoms with Crippen molar-refractivity contribution in [3.8, 4) is 0 Å². The fourth-order valence-corrected chi connectivity index (χ4v) is 1.65. The number of rotatable bonds is 4. The van der Waals surface area contributed by atoms with E-state index in [2.05, 4.69) is 0 Å². The van der Waals surface area contributed by atoms with Gasteiger partial charge in [0.25, 0.3) is 0 Å². The molecule has 0 aromatic heterocycles. The van der Waals surface area contributed by atoms with Crippen LogP contribution in [-0.2, 0) is 6.54 Å². The van der Waals surface area contributed by atoms with E-state index in [1.54, 1.807) is 13.8 Å². The molecule has 102 valence electrons. The van der Waals surface area contributed by atoms with Crippen LogP contribution in [0.5, 0.6) is 0 Å². The third-order valence-electron chi connectivity index (χ3n) is 2.53. The first kappa shape index (κ1) is 14.8. The number of hydrogen-bond donors (Lipinski definition) is 1. The third-order valence-corrected chi connectivity index (χ3v) is 2.53. The molecule has 0 radical (unpaired) electrons. The average molecular weight is 264 g/mol. The lowest BCUT2D eigenvalue weighted by atomic mass is 10.1. The predicted molar refractivity (Wildman–Crippen MR) is 62.8 cm³/mol. The average Bonchev–Trinajstić information content (AvgIpc) is 2.24. The number of benzene rings is 1. The SMILES string of the molecule is CC(C)N(CC(F)(F)F)c1ccc(CN)cc1F. The minimum atomic E-state index is -4.37. The maximum Gasteiger partial charge on any atom is 0.405 e. The maximum atomic E-state index is 13.8. The zero-order chi connectivity index (χ0) is 13.9. The molecule has 0 aliphatic carbocycles. The van der Waals surface area contributed by atoms with Crippen molar-refractivity contribution in [2.45, 2.75) is 32.6 Å². The number of nitrogens with two attached hydrogens (primary N) is 1. The molecule has 0 saturated heterocycles. The number of nitrogens with zero attached hydrogens (tertiary/aromatic N) is 1. The highest BCUT2D eigenvalue weighted by atomic mass is 19.4. The van der Waals surface area contributed by atoms with Crippen LogP contribution in [0, 0.1) is 5.82 Å². The Labute approximate surface area is 103 Å². The van der Waals surface area contributed by atoms with Crippen molar-refractivity contribution in [2.24, 2.45) is 5.73 Å². The van der Waals surface area contributed by atoms with Gasteiger partial charge in [0.1, 0.15) is 12.4 Å². The predicted octanol–water partition coefficient (Wildman–Crippen LogP) is 3.06. The van der Waals surface area contributed by atoms with Gasteiger partial charge in [0, 0.05) is 12.6 Å². The van der Waals surface area contributed by atoms with Gasteiger partial charge >= 0.3 is 6.18 Å². The van der Waals surface area contributed by atoms with Crippen molar-refractivity contribution in [3.63, 3.8) is 0 Å². The summed E-state index contributed by atoms with van der Waals surface area (Å²) in [6, 6.07) is 3.58. The second-order valence-corrected chi connectivity index (χ2v) is 4.33. The molecule has 0 saturated carbocycles. The van der Waals surface area contributed by atoms with E-state index < -0.39 is 24.6 Å². The zero-order valence-corrected chi connectivity index (χ0v) is 10.3. The number of halogens is 4. The van der Waals surface area contributed by atoms with Gasteiger partial charge in [-0.3, -0.25) is 0 Å². The lowest BCUT2D eigenvalue weighted by Gasteiger charge is -2.30. The van der Waals surface area contributed by atoms with Gasteiger partial charge in [-0.05, 0) is 31.5 Å². The highest BCUT2D eigenvalue weighted by Gasteiger charge is 2.32. The molecular formula is C12H16F4N2. The highest BCUT2D eigenvalue weighted by molar-refractivity contribution is 5.50. The Kier molecular flexibility index (Phi) is 4.56. The Balaban J connectivity index is 3.06. The van der Waals surface area contributed by atoms with Crippen LogP contribution in [0.4, 0.5) is 23.2 Å². The molecule has 0 spiro atoms. The largest absolute Gasteiger partial charge is 0.405 e. The molecule has 6 heteroatoms. The van der Waals surface area contributed by atoms with E-state index in [1.165, 1.54) is 18.2 Å². The van der Waals surface area contributed by atoms with Crippen LogP contribution >= 0.6 is 0 Å². The molecule has 0 heterocycles. The van der Waals surface area contributed by atoms with Gasteiger partial charge in [0.05, 0.1) is 5.69 Å². The molecule has 0 fully saturated rings. The summed E-state index contributed by atoms with van der Waals surface area (Å²) in [4.78, 5) is 0.982. The van der Waals surface area contributed by atoms with Gasteiger partial charge in [-0.2, -0.15) is 13.2 Å². The Bertz CT molecular complexity index is 402. The first-order chi connectivity index (χ1) is 8.24. The summed E-state index contributed by atoms with van der Waals surface area (Å²) in [5, 5.41) is 0. The summed E-state index contributed by atoms with van der Waals surface area (Å²) in [7, 11) is 0. The van der Waals surface area contributed by atoms with Crippen LogP contribution in [0.1, 0.15) is 19.4 Å². The van der Waals surface area contributed by atoms with Crippen LogP contribution in [0.25, 0.3) is 0 Å². The first-order valence-electron chi connectivity index (χ1n) is 5.56. The number of hydrogen-bond acceptors (Lipinski definition) is 2. The van der Waals surface area contributed by atoms with Crippen LogP contribution < -0.4 is 10.6 Å². The second kappa shape index (κ2) is 5.56. The van der Waals surface area contributed by atoms with E-state index in [0.29, 0.717) is 5.56 Å². The summed E-state index contributed by atoms with van der Waals surface area (Å²) in [6.07, 6.45) is -4.37. The minimum absolute atomic E-state index is 0.0560. The van der Waals surface area contributed by atoms with Crippen molar-refractivity contribution in [3.05, 3.63) is 29.6 Å². The van der Waals surface area contributed by atoms with E-state index in [9.17, 15) is 17.6 Å². The number of alkyl halides is 3. The molecule has 2 nitrogen and oxygen atoms in total. The monoisotopic (exact) mass is 264 g/mol. The Morgan fingerprint density at radius 1 is 1.28 bits per heavy atom. The van der Waals surface area contributed by atoms with Crippen LogP contribution in [-0.4, -0.2) is 18.8 Å². The molecule has 0 unspecified atom stereocenters. The van der Waals surface area contributed by atoms with Crippen molar-refractivity contribution < 1.29 is 17.6 Å². The van der Waals surface area contributed by atoms with Gasteiger partial charge in [-0.25, -0.2) is 4.39 Å². The van der Waals surface area contributed by atoms with Gasteiger partial charge in [0.2, 0.25) is 0 Å². The van der Waals surface area contributed by atoms with Crippen molar-refractivity contribution in [1.82, 2.24) is 0 Å². The summed E-state index contributed by atoms with van der Waals surface area (Å²) >= 11 is 0. The van der Waals surface area contributed by atoms with E-state index in [4.69, 9.17) is 5.73 Å². The number of anilines is 1. The molecule has 1 aromatic carbocycles. The van der Waals surface area contributed by atoms with Crippen molar-refractivity contribution in [2.75, 3.05) is 11.4 Å². The molecule has 2 N–H and O–H groups in total. The first-order valence-corrected chi connectivity index (χ1v) is 5.56. The normalized spacial score (nSPS) is 12.0. The van der Waals surface area contributed by atoms with Gasteiger partial charge < -0.3 is 10.6 Å². The van der Waals surface area contributed by atoms with E-state index >= 15 is 0 Å².